The van der Waals surface area contributed by atoms with Gasteiger partial charge in [0, 0.05) is 6.54 Å². The number of likely N-dealkylation sites (tertiary alicyclic amines) is 1. The van der Waals surface area contributed by atoms with Gasteiger partial charge in [-0.15, -0.1) is 0 Å². The van der Waals surface area contributed by atoms with Crippen LogP contribution in [-0.2, 0) is 11.2 Å². The Kier molecular flexibility index (Phi) is 6.20. The van der Waals surface area contributed by atoms with Gasteiger partial charge in [0.05, 0.1) is 12.1 Å². The number of nitrogens with zero attached hydrogens (tertiary/aromatic N) is 1. The molecule has 1 saturated heterocycles. The molecule has 0 saturated carbocycles. The van der Waals surface area contributed by atoms with E-state index in [1.165, 1.54) is 18.4 Å². The number of amides is 1. The summed E-state index contributed by atoms with van der Waals surface area (Å²) >= 11 is 0. The molecule has 2 aromatic carbocycles. The van der Waals surface area contributed by atoms with Gasteiger partial charge >= 0.3 is 0 Å². The summed E-state index contributed by atoms with van der Waals surface area (Å²) in [5.74, 6) is -0.0796. The average molecular weight is 337 g/mol. The fraction of sp³-hybridized carbons (Fsp3) is 0.381. The van der Waals surface area contributed by atoms with E-state index < -0.39 is 6.04 Å². The number of nitrogens with one attached hydrogen (secondary N) is 1. The van der Waals surface area contributed by atoms with Crippen LogP contribution < -0.4 is 11.1 Å². The van der Waals surface area contributed by atoms with Gasteiger partial charge < -0.3 is 11.1 Å². The molecule has 0 aromatic heterocycles. The van der Waals surface area contributed by atoms with Crippen molar-refractivity contribution in [2.24, 2.45) is 5.73 Å². The van der Waals surface area contributed by atoms with Gasteiger partial charge in [0.25, 0.3) is 0 Å². The SMILES string of the molecule is NC(Cc1ccccc1)C(=O)NCC(c1ccccc1)N1CCCC1. The highest BCUT2D eigenvalue weighted by Crippen LogP contribution is 2.24. The minimum atomic E-state index is -0.516. The van der Waals surface area contributed by atoms with Gasteiger partial charge in [-0.2, -0.15) is 0 Å². The molecule has 1 aliphatic heterocycles. The summed E-state index contributed by atoms with van der Waals surface area (Å²) in [6.07, 6.45) is 3.02. The summed E-state index contributed by atoms with van der Waals surface area (Å²) in [6.45, 7) is 2.78. The molecule has 4 heteroatoms. The zero-order valence-electron chi connectivity index (χ0n) is 14.6. The van der Waals surface area contributed by atoms with Crippen molar-refractivity contribution in [2.75, 3.05) is 19.6 Å². The highest BCUT2D eigenvalue weighted by molar-refractivity contribution is 5.81. The van der Waals surface area contributed by atoms with Crippen molar-refractivity contribution in [3.8, 4) is 0 Å². The first-order valence-electron chi connectivity index (χ1n) is 9.10. The minimum absolute atomic E-state index is 0.0796. The van der Waals surface area contributed by atoms with Crippen molar-refractivity contribution >= 4 is 5.91 Å². The molecule has 0 radical (unpaired) electrons. The smallest absolute Gasteiger partial charge is 0.237 e. The Morgan fingerprint density at radius 2 is 1.60 bits per heavy atom. The van der Waals surface area contributed by atoms with Gasteiger partial charge in [0.15, 0.2) is 0 Å². The van der Waals surface area contributed by atoms with Crippen LogP contribution in [-0.4, -0.2) is 36.5 Å². The average Bonchev–Trinajstić information content (AvgIpc) is 3.18. The van der Waals surface area contributed by atoms with E-state index in [0.717, 1.165) is 18.7 Å². The van der Waals surface area contributed by atoms with E-state index in [0.29, 0.717) is 13.0 Å². The summed E-state index contributed by atoms with van der Waals surface area (Å²) < 4.78 is 0. The Morgan fingerprint density at radius 1 is 1.00 bits per heavy atom. The zero-order valence-corrected chi connectivity index (χ0v) is 14.6. The van der Waals surface area contributed by atoms with Gasteiger partial charge in [0.2, 0.25) is 5.91 Å². The third kappa shape index (κ3) is 4.91. The molecule has 1 heterocycles. The van der Waals surface area contributed by atoms with Crippen molar-refractivity contribution in [1.29, 1.82) is 0 Å². The maximum absolute atomic E-state index is 12.4. The molecule has 3 rings (SSSR count). The van der Waals surface area contributed by atoms with Crippen molar-refractivity contribution in [2.45, 2.75) is 31.3 Å². The Balaban J connectivity index is 1.59. The summed E-state index contributed by atoms with van der Waals surface area (Å²) in [7, 11) is 0. The Labute approximate surface area is 150 Å². The molecule has 0 aliphatic carbocycles. The monoisotopic (exact) mass is 337 g/mol. The lowest BCUT2D eigenvalue weighted by Crippen LogP contribution is -2.45. The van der Waals surface area contributed by atoms with Crippen LogP contribution in [0.25, 0.3) is 0 Å². The fourth-order valence-electron chi connectivity index (χ4n) is 3.48. The maximum atomic E-state index is 12.4. The molecule has 1 amide bonds. The van der Waals surface area contributed by atoms with E-state index in [1.54, 1.807) is 0 Å². The number of hydrogen-bond donors (Lipinski definition) is 2. The van der Waals surface area contributed by atoms with Crippen molar-refractivity contribution in [1.82, 2.24) is 10.2 Å². The predicted molar refractivity (Wildman–Crippen MR) is 101 cm³/mol. The molecular weight excluding hydrogens is 310 g/mol. The quantitative estimate of drug-likeness (QED) is 0.816. The first-order chi connectivity index (χ1) is 12.2. The number of benzene rings is 2. The van der Waals surface area contributed by atoms with E-state index in [2.05, 4.69) is 34.5 Å². The maximum Gasteiger partial charge on any atom is 0.237 e. The van der Waals surface area contributed by atoms with E-state index in [4.69, 9.17) is 5.73 Å². The molecule has 132 valence electrons. The lowest BCUT2D eigenvalue weighted by Gasteiger charge is -2.28. The second kappa shape index (κ2) is 8.79. The van der Waals surface area contributed by atoms with Crippen LogP contribution in [0.5, 0.6) is 0 Å². The molecule has 25 heavy (non-hydrogen) atoms. The van der Waals surface area contributed by atoms with E-state index in [1.807, 2.05) is 36.4 Å². The largest absolute Gasteiger partial charge is 0.353 e. The highest BCUT2D eigenvalue weighted by atomic mass is 16.2. The molecule has 3 N–H and O–H groups in total. The number of carbonyl (C=O) groups is 1. The Morgan fingerprint density at radius 3 is 2.24 bits per heavy atom. The van der Waals surface area contributed by atoms with Gasteiger partial charge in [-0.1, -0.05) is 60.7 Å². The molecule has 1 aliphatic rings. The second-order valence-electron chi connectivity index (χ2n) is 6.71. The topological polar surface area (TPSA) is 58.4 Å². The molecule has 1 fully saturated rings. The van der Waals surface area contributed by atoms with Crippen molar-refractivity contribution < 1.29 is 4.79 Å². The predicted octanol–water partition coefficient (Wildman–Crippen LogP) is 2.51. The fourth-order valence-corrected chi connectivity index (χ4v) is 3.48. The third-order valence-corrected chi connectivity index (χ3v) is 4.87. The summed E-state index contributed by atoms with van der Waals surface area (Å²) in [5, 5.41) is 3.07. The normalized spacial score (nSPS) is 17.2. The number of nitrogens with two attached hydrogens (primary N) is 1. The second-order valence-corrected chi connectivity index (χ2v) is 6.71. The Hall–Kier alpha value is -2.17. The van der Waals surface area contributed by atoms with Crippen LogP contribution in [0.4, 0.5) is 0 Å². The standard InChI is InChI=1S/C21H27N3O/c22-19(15-17-9-3-1-4-10-17)21(25)23-16-20(24-13-7-8-14-24)18-11-5-2-6-12-18/h1-6,9-12,19-20H,7-8,13-16,22H2,(H,23,25). The van der Waals surface area contributed by atoms with E-state index in [-0.39, 0.29) is 11.9 Å². The molecule has 4 nitrogen and oxygen atoms in total. The van der Waals surface area contributed by atoms with Crippen molar-refractivity contribution in [3.63, 3.8) is 0 Å². The van der Waals surface area contributed by atoms with Gasteiger partial charge in [-0.05, 0) is 43.5 Å². The van der Waals surface area contributed by atoms with Crippen molar-refractivity contribution in [3.05, 3.63) is 71.8 Å². The number of carbonyl (C=O) groups excluding carboxylic acids is 1. The molecule has 2 atom stereocenters. The van der Waals surface area contributed by atoms with Gasteiger partial charge in [-0.3, -0.25) is 9.69 Å². The van der Waals surface area contributed by atoms with Crippen LogP contribution in [0, 0.1) is 0 Å². The van der Waals surface area contributed by atoms with Crippen LogP contribution in [0.2, 0.25) is 0 Å². The summed E-state index contributed by atoms with van der Waals surface area (Å²) in [5.41, 5.74) is 8.44. The number of hydrogen-bond acceptors (Lipinski definition) is 3. The molecule has 0 bridgehead atoms. The first kappa shape index (κ1) is 17.6. The van der Waals surface area contributed by atoms with Crippen LogP contribution >= 0.6 is 0 Å². The van der Waals surface area contributed by atoms with Crippen LogP contribution in [0.1, 0.15) is 30.0 Å². The van der Waals surface area contributed by atoms with E-state index in [9.17, 15) is 4.79 Å². The van der Waals surface area contributed by atoms with E-state index >= 15 is 0 Å². The lowest BCUT2D eigenvalue weighted by molar-refractivity contribution is -0.122. The van der Waals surface area contributed by atoms with Crippen LogP contribution in [0.15, 0.2) is 60.7 Å². The molecule has 0 spiro atoms. The lowest BCUT2D eigenvalue weighted by atomic mass is 10.0. The Bertz CT molecular complexity index is 653. The molecular formula is C21H27N3O. The van der Waals surface area contributed by atoms with Gasteiger partial charge in [0.1, 0.15) is 0 Å². The summed E-state index contributed by atoms with van der Waals surface area (Å²) in [4.78, 5) is 14.9. The van der Waals surface area contributed by atoms with Crippen LogP contribution in [0.3, 0.4) is 0 Å². The zero-order chi connectivity index (χ0) is 17.5. The first-order valence-corrected chi connectivity index (χ1v) is 9.10. The number of rotatable bonds is 7. The molecule has 2 aromatic rings. The van der Waals surface area contributed by atoms with Gasteiger partial charge in [-0.25, -0.2) is 0 Å². The summed E-state index contributed by atoms with van der Waals surface area (Å²) in [6, 6.07) is 20.0. The molecule has 2 unspecified atom stereocenters. The third-order valence-electron chi connectivity index (χ3n) is 4.87. The highest BCUT2D eigenvalue weighted by Gasteiger charge is 2.24. The minimum Gasteiger partial charge on any atom is -0.353 e.